The quantitative estimate of drug-likeness (QED) is 0.00414. The number of phenolic OH excluding ortho intramolecular Hbond substituents is 1. The average Bonchev–Trinajstić information content (AvgIpc) is 1.49. The number of halogens is 6. The van der Waals surface area contributed by atoms with Gasteiger partial charge in [0.25, 0.3) is 0 Å². The Morgan fingerprint density at radius 2 is 0.673 bits per heavy atom. The van der Waals surface area contributed by atoms with Gasteiger partial charge >= 0.3 is 82.1 Å². The monoisotopic (exact) mass is 2530 g/mol. The van der Waals surface area contributed by atoms with Crippen LogP contribution in [0.1, 0.15) is 173 Å². The summed E-state index contributed by atoms with van der Waals surface area (Å²) in [6, 6.07) is 84.3. The first-order valence-corrected chi connectivity index (χ1v) is 54.1. The predicted molar refractivity (Wildman–Crippen MR) is 610 cm³/mol. The number of hydrogen-bond donors (Lipinski definition) is 4. The van der Waals surface area contributed by atoms with Crippen molar-refractivity contribution in [1.82, 2.24) is 10.1 Å². The number of carbonyl (C=O) groups excluding carboxylic acids is 5. The molecule has 36 heteroatoms. The molecule has 0 aromatic heterocycles. The number of carboxylic acids is 3. The summed E-state index contributed by atoms with van der Waals surface area (Å²) >= 11 is 16.4. The fourth-order valence-corrected chi connectivity index (χ4v) is 18.7. The number of aldehydes is 1. The van der Waals surface area contributed by atoms with E-state index in [1.54, 1.807) is 132 Å². The van der Waals surface area contributed by atoms with Gasteiger partial charge in [-0.2, -0.15) is 13.8 Å². The molecule has 5 N–H and O–H groups in total. The predicted octanol–water partition coefficient (Wildman–Crippen LogP) is 18.9. The maximum atomic E-state index is 11.7. The fraction of sp³-hybridized carbons (Fsp3) is 0.351. The maximum absolute atomic E-state index is 11.7. The van der Waals surface area contributed by atoms with E-state index in [1.807, 2.05) is 191 Å². The smallest absolute Gasteiger partial charge is 1.00 e. The molecule has 0 aliphatic heterocycles. The first kappa shape index (κ1) is 145. The summed E-state index contributed by atoms with van der Waals surface area (Å²) in [6.45, 7) is 17.4. The van der Waals surface area contributed by atoms with Gasteiger partial charge in [0.1, 0.15) is 69.7 Å². The number of hydroxylamine groups is 4. The van der Waals surface area contributed by atoms with E-state index in [2.05, 4.69) is 149 Å². The van der Waals surface area contributed by atoms with Crippen LogP contribution in [0.15, 0.2) is 273 Å². The van der Waals surface area contributed by atoms with E-state index in [-0.39, 0.29) is 123 Å². The van der Waals surface area contributed by atoms with Gasteiger partial charge in [0.2, 0.25) is 11.8 Å². The fourth-order valence-electron chi connectivity index (χ4n) is 14.4. The van der Waals surface area contributed by atoms with Crippen molar-refractivity contribution in [2.45, 2.75) is 129 Å². The molecule has 0 saturated heterocycles. The Morgan fingerprint density at radius 3 is 0.927 bits per heavy atom. The maximum Gasteiger partial charge on any atom is 2.00 e. The molecule has 0 spiro atoms. The van der Waals surface area contributed by atoms with E-state index in [0.29, 0.717) is 102 Å². The van der Waals surface area contributed by atoms with Crippen molar-refractivity contribution in [3.05, 3.63) is 326 Å². The number of carbonyl (C=O) groups is 8. The molecule has 4 aliphatic carbocycles. The summed E-state index contributed by atoms with van der Waals surface area (Å²) in [5.74, 6) is 6.33. The molecule has 26 nitrogen and oxygen atoms in total. The molecule has 10 aromatic rings. The molecule has 10 aromatic carbocycles. The van der Waals surface area contributed by atoms with E-state index >= 15 is 0 Å². The van der Waals surface area contributed by atoms with Crippen LogP contribution in [0, 0.1) is 37.5 Å². The number of carboxylic acid groups (broad SMARTS) is 3. The SMILES string of the molecule is BrB(Br)Br.CCOC.CCOC(=O)CC1CC1c1ccc(O)cc1.CCOC(=O)CC1CC1c1ccc(OC)cc1.COc1ccc(/C=C/CC(=O)N(C)OC)cc1.COc1ccc(/C=C/CC(=O)O)cc1.COc1ccc(C2CC2CC(=O)N(C)OC)cc1.COc1ccc(C2CC2CC(=O)O)cc1.COc1ccc(C=O)cc1.ClCI.O=C(O)CC[P+](c1ccccc1)(c1ccccc1)c1ccccc1.[Br-].[CH2-]C.[CH2-]C.[Na+].[OH-].[Zn+2]. The Balaban J connectivity index is -0.00000162. The van der Waals surface area contributed by atoms with Crippen LogP contribution in [0.4, 0.5) is 0 Å². The Bertz CT molecular complexity index is 5230. The van der Waals surface area contributed by atoms with Gasteiger partial charge in [-0.1, -0.05) is 174 Å². The zero-order chi connectivity index (χ0) is 109. The van der Waals surface area contributed by atoms with E-state index in [4.69, 9.17) is 74.5 Å². The van der Waals surface area contributed by atoms with Crippen LogP contribution in [-0.2, 0) is 76.9 Å². The molecule has 0 heterocycles. The van der Waals surface area contributed by atoms with Crippen molar-refractivity contribution in [2.75, 3.05) is 108 Å². The summed E-state index contributed by atoms with van der Waals surface area (Å²) in [5, 5.41) is 41.7. The second kappa shape index (κ2) is 86.5. The summed E-state index contributed by atoms with van der Waals surface area (Å²) in [4.78, 5) is 97.6. The van der Waals surface area contributed by atoms with Gasteiger partial charge in [-0.15, -0.1) is 58.9 Å². The van der Waals surface area contributed by atoms with Gasteiger partial charge in [0.15, 0.2) is 0 Å². The number of hydrogen-bond acceptors (Lipinski definition) is 21. The van der Waals surface area contributed by atoms with Crippen LogP contribution in [0.2, 0.25) is 0 Å². The minimum atomic E-state index is -1.99. The van der Waals surface area contributed by atoms with Crippen LogP contribution < -0.4 is 90.9 Å². The van der Waals surface area contributed by atoms with Crippen molar-refractivity contribution in [2.24, 2.45) is 23.7 Å². The zero-order valence-electron chi connectivity index (χ0n) is 88.9. The van der Waals surface area contributed by atoms with Gasteiger partial charge in [-0.25, -0.2) is 10.1 Å². The molecule has 4 fully saturated rings. The third-order valence-electron chi connectivity index (χ3n) is 22.5. The second-order valence-corrected chi connectivity index (χ2v) is 43.9. The molecular weight excluding hydrogens is 2390 g/mol. The normalized spacial score (nSPS) is 15.0. The molecule has 0 bridgehead atoms. The number of amides is 2. The van der Waals surface area contributed by atoms with Gasteiger partial charge in [-0.3, -0.25) is 48.0 Å². The third-order valence-corrected chi connectivity index (χ3v) is 26.9. The summed E-state index contributed by atoms with van der Waals surface area (Å²) in [6.07, 6.45) is 15.2. The molecule has 4 saturated carbocycles. The molecule has 150 heavy (non-hydrogen) atoms. The molecule has 2 amide bonds. The number of ether oxygens (including phenoxy) is 9. The van der Waals surface area contributed by atoms with Gasteiger partial charge in [0.05, 0.1) is 93.0 Å². The van der Waals surface area contributed by atoms with Crippen LogP contribution in [0.25, 0.3) is 12.2 Å². The van der Waals surface area contributed by atoms with Crippen molar-refractivity contribution in [3.8, 4) is 40.2 Å². The number of benzene rings is 10. The van der Waals surface area contributed by atoms with E-state index < -0.39 is 25.2 Å². The van der Waals surface area contributed by atoms with Gasteiger partial charge in [0, 0.05) is 65.5 Å². The van der Waals surface area contributed by atoms with E-state index in [0.717, 1.165) is 84.2 Å². The molecule has 8 unspecified atom stereocenters. The number of phenols is 1. The summed E-state index contributed by atoms with van der Waals surface area (Å²) < 4.78 is 45.6. The Hall–Kier alpha value is -8.86. The summed E-state index contributed by atoms with van der Waals surface area (Å²) in [7, 11) is 15.7. The van der Waals surface area contributed by atoms with Crippen LogP contribution >= 0.6 is 88.7 Å². The standard InChI is InChI=1S/C21H19O2P.C14H19NO3.C14H18O3.C13H17NO3.C13H16O3.C12H14O3.C11H12O3.C8H8O2.C3H8O.2C2H5.CH2ClI.BBr3.BrH.Na.H2O.Zn/c22-21(23)16-17-24(18-10-4-1-5-11-18,19-12-6-2-7-13-19)20-14-8-3-9-15-20;1-15(18-3)14(16)9-11-8-13(11)10-4-6-12(17-2)7-5-10;1-3-17-14(15)9-11-8-13(11)10-4-6-12(16-2)7-5-10;1-14(17-3)13(15)6-4-5-11-7-9-12(16-2)10-8-11;1-2-16-13(15)8-10-7-12(10)9-3-5-11(14)6-4-9;1-15-10-4-2-8(3-5-10)11-6-9(11)7-12(13)14;1-14-10-7-5-9(6-8-10)3-2-4-11(12)13;1-10-8-4-2-7(6-9)3-5-8;1-3-4-2;2*1-2;2-1-3;2-1(3)4;;;;/h1-15H,16-17H2;4-7,11,13H,8-9H2,1-3H3;4-7,11,13H,3,8-9H2,1-2H3;4-5,7-10H,6H2,1-3H3;3-6,10,12,14H,2,7-8H2,1H3;2-5,9,11H,6-7H2,1H3,(H,13,14);2-3,5-8H,4H2,1H3,(H,12,13);2-6H,1H3;3H2,1-2H3;2*1H2,2H3;1H2;;1H;;1H2;/q;;;;;;;;;2*-1;;;;+1;;+2/p-1/b;;;5-4+;;;3-2+;;;;;;;;;;. The third kappa shape index (κ3) is 60.1. The topological polar surface area (TPSA) is 355 Å². The Labute approximate surface area is 977 Å². The largest absolute Gasteiger partial charge is 2.00 e. The first-order chi connectivity index (χ1) is 70.3. The zero-order valence-corrected chi connectivity index (χ0v) is 104. The molecule has 4 aliphatic rings. The van der Waals surface area contributed by atoms with Crippen molar-refractivity contribution >= 4 is 168 Å². The average molecular weight is 2540 g/mol. The number of methoxy groups -OCH3 is 7. The van der Waals surface area contributed by atoms with Gasteiger partial charge < -0.3 is 99.4 Å². The minimum Gasteiger partial charge on any atom is -1.00 e. The van der Waals surface area contributed by atoms with Crippen LogP contribution in [-0.4, -0.2) is 195 Å². The van der Waals surface area contributed by atoms with Gasteiger partial charge in [-0.05, 0) is 261 Å². The minimum absolute atomic E-state index is 0. The number of rotatable bonds is 36. The first-order valence-electron chi connectivity index (χ1n) is 47.3. The number of aromatic hydroxyl groups is 1. The van der Waals surface area contributed by atoms with Crippen molar-refractivity contribution < 1.29 is 183 Å². The molecule has 808 valence electrons. The number of alkyl halides is 2. The van der Waals surface area contributed by atoms with Crippen LogP contribution in [0.5, 0.6) is 40.2 Å². The van der Waals surface area contributed by atoms with E-state index in [1.165, 1.54) is 62.5 Å². The number of esters is 2. The van der Waals surface area contributed by atoms with Crippen LogP contribution in [0.3, 0.4) is 0 Å². The number of aliphatic carboxylic acids is 3. The van der Waals surface area contributed by atoms with Crippen molar-refractivity contribution in [3.63, 3.8) is 0 Å². The summed E-state index contributed by atoms with van der Waals surface area (Å²) in [5.41, 5.74) is 7.66. The second-order valence-electron chi connectivity index (χ2n) is 31.9. The van der Waals surface area contributed by atoms with E-state index in [9.17, 15) is 43.5 Å². The Kier molecular flexibility index (Phi) is 83.7. The molecule has 8 atom stereocenters. The number of nitrogens with zero attached hydrogens (tertiary/aromatic N) is 2. The molecular formula is C114H145BBr4ClIN2NaO24PZn. The molecule has 0 radical (unpaired) electrons. The van der Waals surface area contributed by atoms with Crippen molar-refractivity contribution in [1.29, 1.82) is 0 Å². The Morgan fingerprint density at radius 1 is 0.413 bits per heavy atom. The molecule has 14 rings (SSSR count).